The quantitative estimate of drug-likeness (QED) is 0.820. The molecule has 1 aliphatic heterocycles. The van der Waals surface area contributed by atoms with Crippen LogP contribution in [-0.2, 0) is 4.79 Å². The number of aldehydes is 1. The van der Waals surface area contributed by atoms with Gasteiger partial charge in [0.1, 0.15) is 18.1 Å². The number of carbonyl (C=O) groups excluding carboxylic acids is 2. The highest BCUT2D eigenvalue weighted by atomic mass is 32.2. The molecule has 6 heteroatoms. The van der Waals surface area contributed by atoms with E-state index in [9.17, 15) is 14.7 Å². The summed E-state index contributed by atoms with van der Waals surface area (Å²) >= 11 is 1.77. The molecule has 0 aliphatic carbocycles. The molecule has 1 heterocycles. The van der Waals surface area contributed by atoms with Gasteiger partial charge in [0.05, 0.1) is 11.6 Å². The lowest BCUT2D eigenvalue weighted by atomic mass is 10.2. The minimum absolute atomic E-state index is 0.00176. The van der Waals surface area contributed by atoms with Crippen molar-refractivity contribution < 1.29 is 19.4 Å². The summed E-state index contributed by atoms with van der Waals surface area (Å²) in [5.74, 6) is 1.99. The van der Waals surface area contributed by atoms with E-state index in [2.05, 4.69) is 0 Å². The number of thioether (sulfide) groups is 1. The van der Waals surface area contributed by atoms with Gasteiger partial charge >= 0.3 is 0 Å². The zero-order valence-corrected chi connectivity index (χ0v) is 11.1. The van der Waals surface area contributed by atoms with Gasteiger partial charge in [0.2, 0.25) is 6.41 Å². The van der Waals surface area contributed by atoms with Crippen molar-refractivity contribution in [2.75, 3.05) is 24.7 Å². The number of hydrogen-bond donors (Lipinski definition) is 1. The van der Waals surface area contributed by atoms with Crippen LogP contribution in [0, 0.1) is 0 Å². The van der Waals surface area contributed by atoms with Crippen LogP contribution in [0.25, 0.3) is 0 Å². The predicted octanol–water partition coefficient (Wildman–Crippen LogP) is 1.16. The maximum atomic E-state index is 10.9. The summed E-state index contributed by atoms with van der Waals surface area (Å²) in [7, 11) is 0. The molecule has 0 radical (unpaired) electrons. The molecule has 102 valence electrons. The van der Waals surface area contributed by atoms with Crippen molar-refractivity contribution in [1.29, 1.82) is 0 Å². The number of hydrogen-bond acceptors (Lipinski definition) is 5. The third-order valence-corrected chi connectivity index (χ3v) is 4.09. The first kappa shape index (κ1) is 13.7. The van der Waals surface area contributed by atoms with Gasteiger partial charge in [-0.05, 0) is 12.1 Å². The average Bonchev–Trinajstić information content (AvgIpc) is 2.45. The molecule has 2 rings (SSSR count). The highest BCUT2D eigenvalue weighted by molar-refractivity contribution is 7.99. The first-order chi connectivity index (χ1) is 9.26. The Morgan fingerprint density at radius 3 is 3.05 bits per heavy atom. The van der Waals surface area contributed by atoms with Crippen LogP contribution in [0.15, 0.2) is 18.2 Å². The SMILES string of the molecule is O=Cc1c(O)cccc1OCC1CSCCN1C=O. The van der Waals surface area contributed by atoms with E-state index < -0.39 is 0 Å². The number of phenols is 1. The van der Waals surface area contributed by atoms with E-state index in [1.54, 1.807) is 28.8 Å². The van der Waals surface area contributed by atoms with E-state index in [1.807, 2.05) is 0 Å². The number of amides is 1. The van der Waals surface area contributed by atoms with Crippen LogP contribution in [0.5, 0.6) is 11.5 Å². The van der Waals surface area contributed by atoms with Gasteiger partial charge in [-0.3, -0.25) is 9.59 Å². The fraction of sp³-hybridized carbons (Fsp3) is 0.385. The predicted molar refractivity (Wildman–Crippen MR) is 72.9 cm³/mol. The Hall–Kier alpha value is -1.69. The minimum atomic E-state index is -0.0993. The first-order valence-electron chi connectivity index (χ1n) is 5.95. The summed E-state index contributed by atoms with van der Waals surface area (Å²) in [6, 6.07) is 4.68. The van der Waals surface area contributed by atoms with Crippen molar-refractivity contribution in [3.8, 4) is 11.5 Å². The van der Waals surface area contributed by atoms with E-state index in [4.69, 9.17) is 4.74 Å². The van der Waals surface area contributed by atoms with E-state index in [0.29, 0.717) is 25.2 Å². The molecule has 1 saturated heterocycles. The van der Waals surface area contributed by atoms with Gasteiger partial charge in [-0.1, -0.05) is 6.07 Å². The summed E-state index contributed by atoms with van der Waals surface area (Å²) in [5, 5.41) is 9.54. The Labute approximate surface area is 115 Å². The molecule has 5 nitrogen and oxygen atoms in total. The zero-order valence-electron chi connectivity index (χ0n) is 10.3. The topological polar surface area (TPSA) is 66.8 Å². The molecule has 0 aromatic heterocycles. The Morgan fingerprint density at radius 2 is 2.32 bits per heavy atom. The molecule has 1 fully saturated rings. The van der Waals surface area contributed by atoms with Crippen molar-refractivity contribution in [1.82, 2.24) is 4.90 Å². The fourth-order valence-electron chi connectivity index (χ4n) is 1.91. The maximum absolute atomic E-state index is 10.9. The smallest absolute Gasteiger partial charge is 0.210 e. The molecule has 1 amide bonds. The van der Waals surface area contributed by atoms with Crippen molar-refractivity contribution in [3.63, 3.8) is 0 Å². The molecule has 0 bridgehead atoms. The van der Waals surface area contributed by atoms with E-state index >= 15 is 0 Å². The number of rotatable bonds is 5. The molecule has 0 spiro atoms. The van der Waals surface area contributed by atoms with Crippen LogP contribution in [0.4, 0.5) is 0 Å². The minimum Gasteiger partial charge on any atom is -0.507 e. The maximum Gasteiger partial charge on any atom is 0.210 e. The van der Waals surface area contributed by atoms with Gasteiger partial charge < -0.3 is 14.7 Å². The van der Waals surface area contributed by atoms with Gasteiger partial charge in [-0.15, -0.1) is 0 Å². The van der Waals surface area contributed by atoms with Crippen molar-refractivity contribution in [2.24, 2.45) is 0 Å². The first-order valence-corrected chi connectivity index (χ1v) is 7.10. The third-order valence-electron chi connectivity index (χ3n) is 3.00. The van der Waals surface area contributed by atoms with Crippen LogP contribution in [0.3, 0.4) is 0 Å². The summed E-state index contributed by atoms with van der Waals surface area (Å²) < 4.78 is 5.58. The standard InChI is InChI=1S/C13H15NO4S/c15-6-11-12(17)2-1-3-13(11)18-7-10-8-19-5-4-14(10)9-16/h1-3,6,9-10,17H,4-5,7-8H2. The van der Waals surface area contributed by atoms with Crippen molar-refractivity contribution >= 4 is 24.5 Å². The number of phenolic OH excluding ortho intramolecular Hbond substituents is 1. The molecule has 1 N–H and O–H groups in total. The van der Waals surface area contributed by atoms with E-state index in [0.717, 1.165) is 17.9 Å². The van der Waals surface area contributed by atoms with Crippen LogP contribution in [0.2, 0.25) is 0 Å². The van der Waals surface area contributed by atoms with Crippen molar-refractivity contribution in [3.05, 3.63) is 23.8 Å². The van der Waals surface area contributed by atoms with Crippen LogP contribution in [0.1, 0.15) is 10.4 Å². The fourth-order valence-corrected chi connectivity index (χ4v) is 2.98. The van der Waals surface area contributed by atoms with Crippen molar-refractivity contribution in [2.45, 2.75) is 6.04 Å². The van der Waals surface area contributed by atoms with Crippen LogP contribution < -0.4 is 4.74 Å². The number of carbonyl (C=O) groups is 2. The van der Waals surface area contributed by atoms with Gasteiger partial charge in [0.15, 0.2) is 6.29 Å². The van der Waals surface area contributed by atoms with Gasteiger partial charge in [-0.2, -0.15) is 11.8 Å². The molecule has 1 aliphatic rings. The second-order valence-electron chi connectivity index (χ2n) is 4.19. The molecule has 1 atom stereocenters. The molecule has 1 unspecified atom stereocenters. The second kappa shape index (κ2) is 6.47. The highest BCUT2D eigenvalue weighted by Crippen LogP contribution is 2.26. The van der Waals surface area contributed by atoms with E-state index in [-0.39, 0.29) is 17.4 Å². The lowest BCUT2D eigenvalue weighted by molar-refractivity contribution is -0.120. The summed E-state index contributed by atoms with van der Waals surface area (Å²) in [4.78, 5) is 23.5. The summed E-state index contributed by atoms with van der Waals surface area (Å²) in [5.41, 5.74) is 0.142. The largest absolute Gasteiger partial charge is 0.507 e. The Bertz CT molecular complexity index is 466. The zero-order chi connectivity index (χ0) is 13.7. The lowest BCUT2D eigenvalue weighted by Gasteiger charge is -2.32. The Balaban J connectivity index is 2.03. The monoisotopic (exact) mass is 281 g/mol. The average molecular weight is 281 g/mol. The Kier molecular flexibility index (Phi) is 4.68. The lowest BCUT2D eigenvalue weighted by Crippen LogP contribution is -2.44. The number of benzene rings is 1. The normalized spacial score (nSPS) is 18.9. The number of ether oxygens (including phenoxy) is 1. The molecule has 1 aromatic rings. The van der Waals surface area contributed by atoms with Gasteiger partial charge in [-0.25, -0.2) is 0 Å². The number of aromatic hydroxyl groups is 1. The summed E-state index contributed by atoms with van der Waals surface area (Å²) in [6.45, 7) is 1.03. The summed E-state index contributed by atoms with van der Waals surface area (Å²) in [6.07, 6.45) is 1.40. The van der Waals surface area contributed by atoms with E-state index in [1.165, 1.54) is 6.07 Å². The molecular formula is C13H15NO4S. The van der Waals surface area contributed by atoms with Gasteiger partial charge in [0.25, 0.3) is 0 Å². The van der Waals surface area contributed by atoms with Gasteiger partial charge in [0, 0.05) is 18.1 Å². The third kappa shape index (κ3) is 3.20. The number of nitrogens with zero attached hydrogens (tertiary/aromatic N) is 1. The van der Waals surface area contributed by atoms with Crippen LogP contribution in [-0.4, -0.2) is 53.4 Å². The second-order valence-corrected chi connectivity index (χ2v) is 5.34. The molecule has 0 saturated carbocycles. The molecule has 1 aromatic carbocycles. The Morgan fingerprint density at radius 1 is 1.47 bits per heavy atom. The molecular weight excluding hydrogens is 266 g/mol. The highest BCUT2D eigenvalue weighted by Gasteiger charge is 2.22. The van der Waals surface area contributed by atoms with Crippen LogP contribution >= 0.6 is 11.8 Å². The molecule has 19 heavy (non-hydrogen) atoms.